The van der Waals surface area contributed by atoms with Crippen LogP contribution in [0.1, 0.15) is 18.7 Å². The number of anilines is 3. The van der Waals surface area contributed by atoms with Crippen molar-refractivity contribution in [2.24, 2.45) is 13.0 Å². The zero-order valence-electron chi connectivity index (χ0n) is 39.6. The number of aromatic amines is 2. The van der Waals surface area contributed by atoms with Crippen molar-refractivity contribution in [2.75, 3.05) is 57.8 Å². The van der Waals surface area contributed by atoms with Crippen LogP contribution in [-0.2, 0) is 76.6 Å². The van der Waals surface area contributed by atoms with Crippen LogP contribution < -0.4 is 37.6 Å². The average molecular weight is 1170 g/mol. The van der Waals surface area contributed by atoms with Gasteiger partial charge in [0.2, 0.25) is 17.7 Å². The Bertz CT molecular complexity index is 3580. The van der Waals surface area contributed by atoms with Gasteiger partial charge in [0.15, 0.2) is 41.4 Å². The number of aromatic nitrogens is 12. The van der Waals surface area contributed by atoms with E-state index in [0.717, 1.165) is 30.7 Å². The molecule has 0 radical (unpaired) electrons. The number of hydrogen-bond acceptors (Lipinski definition) is 29. The maximum absolute atomic E-state index is 13.7. The first kappa shape index (κ1) is 56.3. The third-order valence-corrected chi connectivity index (χ3v) is 17.4. The van der Waals surface area contributed by atoms with E-state index in [4.69, 9.17) is 54.1 Å². The van der Waals surface area contributed by atoms with Gasteiger partial charge in [0.05, 0.1) is 45.6 Å². The average Bonchev–Trinajstić information content (AvgIpc) is 4.21. The number of aliphatic hydroxyl groups excluding tert-OH is 3. The van der Waals surface area contributed by atoms with E-state index in [9.17, 15) is 61.7 Å². The van der Waals surface area contributed by atoms with Gasteiger partial charge in [0, 0.05) is 26.7 Å². The third-order valence-electron chi connectivity index (χ3n) is 12.1. The van der Waals surface area contributed by atoms with Crippen LogP contribution in [0.3, 0.4) is 0 Å². The number of nitrogens with one attached hydrogen (secondary N) is 3. The minimum absolute atomic E-state index is 0.0128. The summed E-state index contributed by atoms with van der Waals surface area (Å²) in [6.45, 7) is -3.27. The lowest BCUT2D eigenvalue weighted by Crippen LogP contribution is -2.45. The van der Waals surface area contributed by atoms with Gasteiger partial charge in [-0.15, -0.1) is 0 Å². The van der Waals surface area contributed by atoms with Gasteiger partial charge in [-0.2, -0.15) is 26.7 Å². The molecular formula is C34H48N16O23P3S+. The topological polar surface area (TPSA) is 551 Å². The summed E-state index contributed by atoms with van der Waals surface area (Å²) < 4.78 is 126. The van der Waals surface area contributed by atoms with Crippen LogP contribution in [0.4, 0.5) is 17.7 Å². The molecule has 3 saturated heterocycles. The van der Waals surface area contributed by atoms with E-state index >= 15 is 0 Å². The Morgan fingerprint density at radius 3 is 2.05 bits per heavy atom. The molecule has 3 aliphatic rings. The Morgan fingerprint density at radius 2 is 1.38 bits per heavy atom. The summed E-state index contributed by atoms with van der Waals surface area (Å²) in [5.41, 5.74) is 15.7. The zero-order valence-corrected chi connectivity index (χ0v) is 43.1. The van der Waals surface area contributed by atoms with Crippen LogP contribution in [0.2, 0.25) is 0 Å². The van der Waals surface area contributed by atoms with Crippen LogP contribution >= 0.6 is 23.5 Å². The minimum Gasteiger partial charge on any atom is -0.387 e. The predicted molar refractivity (Wildman–Crippen MR) is 249 cm³/mol. The highest BCUT2D eigenvalue weighted by atomic mass is 32.2. The van der Waals surface area contributed by atoms with Gasteiger partial charge in [-0.1, -0.05) is 4.98 Å². The predicted octanol–water partition coefficient (Wildman–Crippen LogP) is -5.09. The summed E-state index contributed by atoms with van der Waals surface area (Å²) in [5.74, 6) is -1.70. The molecule has 9 heterocycles. The number of nitrogens with zero attached hydrogens (tertiary/aromatic N) is 10. The van der Waals surface area contributed by atoms with Gasteiger partial charge < -0.3 is 70.9 Å². The highest BCUT2D eigenvalue weighted by molar-refractivity contribution is 7.84. The van der Waals surface area contributed by atoms with Crippen LogP contribution in [0.5, 0.6) is 0 Å². The van der Waals surface area contributed by atoms with Gasteiger partial charge in [0.1, 0.15) is 54.6 Å². The van der Waals surface area contributed by atoms with Gasteiger partial charge in [-0.05, 0) is 0 Å². The molecule has 3 aliphatic heterocycles. The molecule has 0 aliphatic carbocycles. The molecule has 3 fully saturated rings. The number of phosphoric ester groups is 2. The SMILES string of the molecule is COC[C@H]1[C@@H](O)[C@H]([n+]2cn(C)c3c(=O)[nH]c(N)nc32)O[C@@H]1COP(=O)(O)OP(=O)(O)OP(=O)(O)OC[C@H]1O[C@@H](n2cnc3c(N)ncnc32)[C@H](OC)[C@@H]1OS(=O)(=O)NC[C@H]1O[C@@H](n2cnc3c(=O)[nH]c(N)nc32)[C@H](O)[C@@H]1O. The molecule has 0 amide bonds. The lowest BCUT2D eigenvalue weighted by molar-refractivity contribution is -0.745. The quantitative estimate of drug-likeness (QED) is 0.0237. The molecule has 0 aromatic carbocycles. The largest absolute Gasteiger partial charge is 0.490 e. The first-order valence-corrected chi connectivity index (χ1v) is 27.9. The van der Waals surface area contributed by atoms with Crippen molar-refractivity contribution in [1.82, 2.24) is 58.3 Å². The van der Waals surface area contributed by atoms with Crippen molar-refractivity contribution in [1.29, 1.82) is 0 Å². The monoisotopic (exact) mass is 1170 g/mol. The molecule has 422 valence electrons. The molecule has 77 heavy (non-hydrogen) atoms. The van der Waals surface area contributed by atoms with E-state index < -0.39 is 138 Å². The number of methoxy groups -OCH3 is 2. The Labute approximate surface area is 428 Å². The van der Waals surface area contributed by atoms with Crippen LogP contribution in [0.25, 0.3) is 33.5 Å². The van der Waals surface area contributed by atoms with Gasteiger partial charge in [-0.3, -0.25) is 42.3 Å². The first-order valence-electron chi connectivity index (χ1n) is 22.0. The number of rotatable bonds is 21. The number of aryl methyl sites for hydroxylation is 1. The zero-order chi connectivity index (χ0) is 55.7. The molecule has 0 spiro atoms. The Hall–Kier alpha value is -5.39. The van der Waals surface area contributed by atoms with Crippen molar-refractivity contribution in [3.63, 3.8) is 0 Å². The van der Waals surface area contributed by atoms with Gasteiger partial charge >= 0.3 is 39.4 Å². The standard InChI is InChI=1S/C34H47N16O23P3S/c1-47-11-50(27-18(47)29(55)46-34(37)44-27)30-19(51)12(5-64-2)14(69-30)6-66-74(56,57)72-76(60,61)73-75(58,59)67-7-15-22(23(65-3)32(70-15)48-9-40-16-24(35)38-8-39-25(16)48)71-77(62,63)42-4-13-20(52)21(53)31(68-13)49-10-41-17-26(49)43-33(36)45-28(17)54/h8-15,19-23,30-32,42,51-53H,4-7H2,1-3H3,(H10-,35,36,37,38,39,43,44,45,46,54,55,56,57,58,59,60,61)/p+1/t12-,13-,14-,15-,19-,20-,21-,22-,23-,30-,31-,32-/m1/s1. The van der Waals surface area contributed by atoms with Crippen molar-refractivity contribution >= 4 is 85.0 Å². The minimum atomic E-state index is -6.18. The van der Waals surface area contributed by atoms with Gasteiger partial charge in [-0.25, -0.2) is 42.4 Å². The molecule has 15 atom stereocenters. The van der Waals surface area contributed by atoms with E-state index in [2.05, 4.69) is 48.5 Å². The summed E-state index contributed by atoms with van der Waals surface area (Å²) >= 11 is 0. The highest BCUT2D eigenvalue weighted by Crippen LogP contribution is 2.68. The maximum atomic E-state index is 13.7. The van der Waals surface area contributed by atoms with Crippen molar-refractivity contribution in [3.8, 4) is 0 Å². The van der Waals surface area contributed by atoms with Crippen molar-refractivity contribution in [3.05, 3.63) is 46.0 Å². The summed E-state index contributed by atoms with van der Waals surface area (Å²) in [5, 5.41) is 33.0. The second-order valence-electron chi connectivity index (χ2n) is 17.1. The Kier molecular flexibility index (Phi) is 15.6. The maximum Gasteiger partial charge on any atom is 0.490 e. The molecule has 43 heteroatoms. The smallest absolute Gasteiger partial charge is 0.387 e. The number of ether oxygens (including phenoxy) is 5. The normalized spacial score (nSPS) is 29.4. The molecule has 6 aromatic heterocycles. The second-order valence-corrected chi connectivity index (χ2v) is 23.1. The number of H-pyrrole nitrogens is 2. The van der Waals surface area contributed by atoms with E-state index in [1.54, 1.807) is 0 Å². The number of nitrogens with two attached hydrogens (primary N) is 3. The summed E-state index contributed by atoms with van der Waals surface area (Å²) in [4.78, 5) is 85.3. The molecular weight excluding hydrogens is 1130 g/mol. The summed E-state index contributed by atoms with van der Waals surface area (Å²) in [6.07, 6.45) is -12.8. The number of phosphoric acid groups is 3. The fourth-order valence-electron chi connectivity index (χ4n) is 8.81. The molecule has 0 saturated carbocycles. The number of aliphatic hydroxyl groups is 3. The van der Waals surface area contributed by atoms with E-state index in [-0.39, 0.29) is 57.8 Å². The molecule has 6 aromatic rings. The van der Waals surface area contributed by atoms with E-state index in [1.165, 1.54) is 34.2 Å². The second kappa shape index (κ2) is 21.3. The fraction of sp³-hybridized carbons (Fsp3) is 0.559. The van der Waals surface area contributed by atoms with Crippen LogP contribution in [0.15, 0.2) is 34.9 Å². The lowest BCUT2D eigenvalue weighted by atomic mass is 9.99. The van der Waals surface area contributed by atoms with Crippen LogP contribution in [0, 0.1) is 5.92 Å². The molecule has 39 nitrogen and oxygen atoms in total. The molecule has 9 rings (SSSR count). The molecule has 0 bridgehead atoms. The fourth-order valence-corrected chi connectivity index (χ4v) is 13.3. The Morgan fingerprint density at radius 1 is 0.753 bits per heavy atom. The lowest BCUT2D eigenvalue weighted by Gasteiger charge is -2.24. The highest BCUT2D eigenvalue weighted by Gasteiger charge is 2.53. The van der Waals surface area contributed by atoms with Crippen molar-refractivity contribution in [2.45, 2.75) is 67.5 Å². The molecule has 3 unspecified atom stereocenters. The summed E-state index contributed by atoms with van der Waals surface area (Å²) in [6, 6.07) is 0. The number of hydrogen-bond donors (Lipinski definition) is 12. The van der Waals surface area contributed by atoms with Gasteiger partial charge in [0.25, 0.3) is 17.1 Å². The van der Waals surface area contributed by atoms with Crippen molar-refractivity contribution < 1.29 is 102 Å². The first-order chi connectivity index (χ1) is 36.2. The molecule has 15 N–H and O–H groups in total. The number of nitrogen functional groups attached to an aromatic ring is 3. The van der Waals surface area contributed by atoms with Crippen LogP contribution in [-0.4, -0.2) is 181 Å². The Balaban J connectivity index is 0.870. The third kappa shape index (κ3) is 11.4. The number of imidazole rings is 3. The summed E-state index contributed by atoms with van der Waals surface area (Å²) in [7, 11) is -19.1. The van der Waals surface area contributed by atoms with E-state index in [1.807, 2.05) is 4.72 Å². The number of fused-ring (bicyclic) bond motifs is 3. The van der Waals surface area contributed by atoms with E-state index in [0.29, 0.717) is 0 Å².